The average Bonchev–Trinajstić information content (AvgIpc) is 2.95. The number of hydrogen-bond acceptors (Lipinski definition) is 3. The molecule has 1 aromatic heterocycles. The Morgan fingerprint density at radius 2 is 2.12 bits per heavy atom. The van der Waals surface area contributed by atoms with Crippen molar-refractivity contribution >= 4 is 22.7 Å². The van der Waals surface area contributed by atoms with Crippen molar-refractivity contribution in [3.63, 3.8) is 0 Å². The average molecular weight is 341 g/mol. The van der Waals surface area contributed by atoms with Crippen LogP contribution in [0.3, 0.4) is 0 Å². The number of carbonyl (C=O) groups excluding carboxylic acids is 1. The highest BCUT2D eigenvalue weighted by Crippen LogP contribution is 2.30. The summed E-state index contributed by atoms with van der Waals surface area (Å²) in [7, 11) is 0. The van der Waals surface area contributed by atoms with Crippen LogP contribution in [0.1, 0.15) is 46.6 Å². The minimum Gasteiger partial charge on any atom is -0.443 e. The third-order valence-electron chi connectivity index (χ3n) is 4.28. The highest BCUT2D eigenvalue weighted by molar-refractivity contribution is 5.87. The summed E-state index contributed by atoms with van der Waals surface area (Å²) in [5.74, 6) is 0.419. The molecule has 0 spiro atoms. The maximum atomic E-state index is 12.7. The lowest BCUT2D eigenvalue weighted by Gasteiger charge is -2.33. The third-order valence-corrected chi connectivity index (χ3v) is 4.28. The molecule has 0 N–H and O–H groups in total. The molecule has 1 amide bonds. The summed E-state index contributed by atoms with van der Waals surface area (Å²) in [6.07, 6.45) is 4.86. The van der Waals surface area contributed by atoms with Crippen LogP contribution in [-0.4, -0.2) is 32.9 Å². The maximum absolute atomic E-state index is 12.7. The monoisotopic (exact) mass is 341 g/mol. The van der Waals surface area contributed by atoms with E-state index in [1.54, 1.807) is 4.90 Å². The second-order valence-electron chi connectivity index (χ2n) is 7.78. The Morgan fingerprint density at radius 3 is 2.80 bits per heavy atom. The zero-order valence-electron chi connectivity index (χ0n) is 15.7. The molecular formula is C20H27N3O2. The minimum atomic E-state index is -0.505. The van der Waals surface area contributed by atoms with Crippen molar-refractivity contribution in [3.05, 3.63) is 36.0 Å². The van der Waals surface area contributed by atoms with Gasteiger partial charge >= 0.3 is 6.09 Å². The Hall–Kier alpha value is -2.30. The van der Waals surface area contributed by atoms with Crippen molar-refractivity contribution in [1.82, 2.24) is 14.7 Å². The lowest BCUT2D eigenvalue weighted by molar-refractivity contribution is 0.0327. The summed E-state index contributed by atoms with van der Waals surface area (Å²) in [6.45, 7) is 11.4. The first-order valence-electron chi connectivity index (χ1n) is 8.95. The van der Waals surface area contributed by atoms with Gasteiger partial charge in [-0.25, -0.2) is 4.79 Å². The number of aryl methyl sites for hydroxylation is 1. The Morgan fingerprint density at radius 1 is 1.36 bits per heavy atom. The van der Waals surface area contributed by atoms with E-state index in [9.17, 15) is 4.79 Å². The van der Waals surface area contributed by atoms with Crippen LogP contribution in [0.4, 0.5) is 4.79 Å². The Balaban J connectivity index is 1.95. The van der Waals surface area contributed by atoms with Crippen LogP contribution in [0.25, 0.3) is 16.6 Å². The number of rotatable bonds is 2. The second-order valence-corrected chi connectivity index (χ2v) is 7.78. The van der Waals surface area contributed by atoms with Gasteiger partial charge in [-0.1, -0.05) is 19.1 Å². The smallest absolute Gasteiger partial charge is 0.414 e. The van der Waals surface area contributed by atoms with Gasteiger partial charge in [-0.3, -0.25) is 9.58 Å². The van der Waals surface area contributed by atoms with Crippen LogP contribution < -0.4 is 0 Å². The highest BCUT2D eigenvalue weighted by atomic mass is 16.6. The van der Waals surface area contributed by atoms with Gasteiger partial charge in [-0.05, 0) is 57.7 Å². The summed E-state index contributed by atoms with van der Waals surface area (Å²) >= 11 is 0. The zero-order chi connectivity index (χ0) is 18.2. The lowest BCUT2D eigenvalue weighted by Crippen LogP contribution is -2.39. The Kier molecular flexibility index (Phi) is 4.58. The Bertz CT molecular complexity index is 814. The number of benzene rings is 1. The van der Waals surface area contributed by atoms with Crippen molar-refractivity contribution in [2.24, 2.45) is 5.92 Å². The molecule has 1 aromatic carbocycles. The van der Waals surface area contributed by atoms with Crippen molar-refractivity contribution in [1.29, 1.82) is 0 Å². The molecule has 0 aliphatic carbocycles. The van der Waals surface area contributed by atoms with Crippen LogP contribution in [0, 0.1) is 5.92 Å². The fourth-order valence-electron chi connectivity index (χ4n) is 3.07. The number of aromatic nitrogens is 2. The molecule has 5 nitrogen and oxygen atoms in total. The zero-order valence-corrected chi connectivity index (χ0v) is 15.7. The van der Waals surface area contributed by atoms with Crippen molar-refractivity contribution in [3.8, 4) is 0 Å². The van der Waals surface area contributed by atoms with Gasteiger partial charge in [0.15, 0.2) is 0 Å². The standard InChI is InChI=1S/C20H27N3O2/c1-6-22-13-16-11-15(8-9-17(16)21-22)18-10-7-14(2)12-23(18)19(24)25-20(3,4)5/h8-11,13-14H,6-7,12H2,1-5H3. The molecule has 1 aliphatic rings. The highest BCUT2D eigenvalue weighted by Gasteiger charge is 2.29. The summed E-state index contributed by atoms with van der Waals surface area (Å²) in [5, 5.41) is 5.61. The topological polar surface area (TPSA) is 47.4 Å². The third kappa shape index (κ3) is 3.86. The molecule has 0 radical (unpaired) electrons. The van der Waals surface area contributed by atoms with E-state index >= 15 is 0 Å². The molecule has 2 heterocycles. The van der Waals surface area contributed by atoms with E-state index in [4.69, 9.17) is 4.74 Å². The first kappa shape index (κ1) is 17.5. The molecule has 0 fully saturated rings. The van der Waals surface area contributed by atoms with E-state index in [2.05, 4.69) is 31.1 Å². The van der Waals surface area contributed by atoms with Crippen LogP contribution in [0.5, 0.6) is 0 Å². The number of amides is 1. The fraction of sp³-hybridized carbons (Fsp3) is 0.500. The predicted molar refractivity (Wildman–Crippen MR) is 100 cm³/mol. The largest absolute Gasteiger partial charge is 0.443 e. The van der Waals surface area contributed by atoms with Gasteiger partial charge in [0, 0.05) is 24.7 Å². The maximum Gasteiger partial charge on any atom is 0.414 e. The van der Waals surface area contributed by atoms with E-state index in [0.29, 0.717) is 12.5 Å². The van der Waals surface area contributed by atoms with Gasteiger partial charge in [0.05, 0.1) is 11.2 Å². The number of allylic oxidation sites excluding steroid dienone is 1. The first-order valence-corrected chi connectivity index (χ1v) is 8.95. The van der Waals surface area contributed by atoms with E-state index in [1.807, 2.05) is 43.8 Å². The molecule has 5 heteroatoms. The second kappa shape index (κ2) is 6.54. The van der Waals surface area contributed by atoms with Gasteiger partial charge in [-0.15, -0.1) is 0 Å². The Labute approximate surface area is 149 Å². The predicted octanol–water partition coefficient (Wildman–Crippen LogP) is 4.67. The van der Waals surface area contributed by atoms with Crippen molar-refractivity contribution in [2.45, 2.75) is 53.2 Å². The van der Waals surface area contributed by atoms with Crippen LogP contribution in [-0.2, 0) is 11.3 Å². The molecule has 0 bridgehead atoms. The minimum absolute atomic E-state index is 0.283. The van der Waals surface area contributed by atoms with E-state index in [0.717, 1.165) is 35.1 Å². The van der Waals surface area contributed by atoms with Crippen LogP contribution in [0.15, 0.2) is 30.5 Å². The van der Waals surface area contributed by atoms with Gasteiger partial charge in [0.2, 0.25) is 0 Å². The fourth-order valence-corrected chi connectivity index (χ4v) is 3.07. The number of ether oxygens (including phenoxy) is 1. The van der Waals surface area contributed by atoms with Gasteiger partial charge in [0.25, 0.3) is 0 Å². The molecule has 0 saturated heterocycles. The molecule has 1 aliphatic heterocycles. The lowest BCUT2D eigenvalue weighted by atomic mass is 9.98. The van der Waals surface area contributed by atoms with E-state index in [1.165, 1.54) is 0 Å². The van der Waals surface area contributed by atoms with E-state index < -0.39 is 5.60 Å². The normalized spacial score (nSPS) is 18.4. The van der Waals surface area contributed by atoms with E-state index in [-0.39, 0.29) is 6.09 Å². The summed E-state index contributed by atoms with van der Waals surface area (Å²) < 4.78 is 7.54. The molecule has 1 unspecified atom stereocenters. The summed E-state index contributed by atoms with van der Waals surface area (Å²) in [6, 6.07) is 6.16. The quantitative estimate of drug-likeness (QED) is 0.797. The van der Waals surface area contributed by atoms with Crippen LogP contribution in [0.2, 0.25) is 0 Å². The molecule has 25 heavy (non-hydrogen) atoms. The summed E-state index contributed by atoms with van der Waals surface area (Å²) in [5.41, 5.74) is 2.42. The molecule has 2 aromatic rings. The van der Waals surface area contributed by atoms with Gasteiger partial charge < -0.3 is 4.74 Å². The number of carbonyl (C=O) groups is 1. The number of hydrogen-bond donors (Lipinski definition) is 0. The van der Waals surface area contributed by atoms with Crippen molar-refractivity contribution in [2.75, 3.05) is 6.54 Å². The molecule has 134 valence electrons. The van der Waals surface area contributed by atoms with Crippen molar-refractivity contribution < 1.29 is 9.53 Å². The first-order chi connectivity index (χ1) is 11.8. The molecule has 0 saturated carbocycles. The van der Waals surface area contributed by atoms with Crippen LogP contribution >= 0.6 is 0 Å². The summed E-state index contributed by atoms with van der Waals surface area (Å²) in [4.78, 5) is 14.5. The number of nitrogens with zero attached hydrogens (tertiary/aromatic N) is 3. The van der Waals surface area contributed by atoms with Gasteiger partial charge in [0.1, 0.15) is 5.60 Å². The van der Waals surface area contributed by atoms with Gasteiger partial charge in [-0.2, -0.15) is 5.10 Å². The molecule has 3 rings (SSSR count). The molecule has 1 atom stereocenters. The molecular weight excluding hydrogens is 314 g/mol. The number of fused-ring (bicyclic) bond motifs is 1. The SMILES string of the molecule is CCn1cc2cc(C3=CCC(C)CN3C(=O)OC(C)(C)C)ccc2n1.